The van der Waals surface area contributed by atoms with Gasteiger partial charge < -0.3 is 11.1 Å². The Morgan fingerprint density at radius 1 is 1.43 bits per heavy atom. The predicted molar refractivity (Wildman–Crippen MR) is 93.6 cm³/mol. The van der Waals surface area contributed by atoms with Gasteiger partial charge in [0.15, 0.2) is 0 Å². The smallest absolute Gasteiger partial charge is 0.270 e. The number of carbonyl (C=O) groups is 1. The van der Waals surface area contributed by atoms with Gasteiger partial charge >= 0.3 is 0 Å². The predicted octanol–water partition coefficient (Wildman–Crippen LogP) is 0.515. The number of halogens is 1. The van der Waals surface area contributed by atoms with E-state index in [0.717, 1.165) is 17.8 Å². The molecule has 1 amide bonds. The lowest BCUT2D eigenvalue weighted by Crippen LogP contribution is -2.37. The van der Waals surface area contributed by atoms with Crippen molar-refractivity contribution in [2.24, 2.45) is 11.7 Å². The molecular weight excluding hydrogens is 360 g/mol. The molecule has 1 heterocycles. The van der Waals surface area contributed by atoms with Crippen LogP contribution in [0.15, 0.2) is 5.38 Å². The van der Waals surface area contributed by atoms with Crippen molar-refractivity contribution < 1.29 is 13.2 Å². The van der Waals surface area contributed by atoms with Crippen molar-refractivity contribution >= 4 is 39.7 Å². The van der Waals surface area contributed by atoms with E-state index in [-0.39, 0.29) is 30.6 Å². The Labute approximate surface area is 146 Å². The fraction of sp³-hybridized carbons (Fsp3) is 0.692. The number of nitrogens with two attached hydrogens (primary N) is 1. The summed E-state index contributed by atoms with van der Waals surface area (Å²) in [5.41, 5.74) is 5.74. The van der Waals surface area contributed by atoms with Gasteiger partial charge in [0.1, 0.15) is 5.69 Å². The summed E-state index contributed by atoms with van der Waals surface area (Å²) in [5, 5.41) is 5.05. The first-order chi connectivity index (χ1) is 10.5. The molecule has 0 unspecified atom stereocenters. The highest BCUT2D eigenvalue weighted by Gasteiger charge is 2.20. The molecule has 0 atom stereocenters. The molecule has 1 fully saturated rings. The Balaban J connectivity index is 0.00000264. The van der Waals surface area contributed by atoms with E-state index < -0.39 is 10.0 Å². The number of hydrogen-bond donors (Lipinski definition) is 3. The van der Waals surface area contributed by atoms with E-state index in [2.05, 4.69) is 15.0 Å². The second-order valence-electron chi connectivity index (χ2n) is 5.39. The van der Waals surface area contributed by atoms with Gasteiger partial charge in [-0.1, -0.05) is 6.42 Å². The standard InChI is InChI=1S/C13H22N4O3S2.ClH/c14-5-4-12-17-11(9-21-12)13(18)15-6-7-22(19,20)16-8-10-2-1-3-10;/h9-10,16H,1-8,14H2,(H,15,18);1H. The maximum Gasteiger partial charge on any atom is 0.270 e. The van der Waals surface area contributed by atoms with Gasteiger partial charge in [-0.3, -0.25) is 4.79 Å². The highest BCUT2D eigenvalue weighted by Crippen LogP contribution is 2.25. The number of amides is 1. The van der Waals surface area contributed by atoms with Crippen molar-refractivity contribution in [3.05, 3.63) is 16.1 Å². The Morgan fingerprint density at radius 3 is 2.78 bits per heavy atom. The van der Waals surface area contributed by atoms with Crippen LogP contribution in [0.4, 0.5) is 0 Å². The molecule has 1 saturated carbocycles. The van der Waals surface area contributed by atoms with Gasteiger partial charge in [0.2, 0.25) is 10.0 Å². The summed E-state index contributed by atoms with van der Waals surface area (Å²) >= 11 is 1.38. The number of carbonyl (C=O) groups excluding carboxylic acids is 1. The number of rotatable bonds is 9. The van der Waals surface area contributed by atoms with Crippen molar-refractivity contribution in [3.8, 4) is 0 Å². The summed E-state index contributed by atoms with van der Waals surface area (Å²) in [6, 6.07) is 0. The molecule has 0 saturated heterocycles. The molecule has 2 rings (SSSR count). The van der Waals surface area contributed by atoms with E-state index >= 15 is 0 Å². The van der Waals surface area contributed by atoms with Crippen molar-refractivity contribution in [2.45, 2.75) is 25.7 Å². The summed E-state index contributed by atoms with van der Waals surface area (Å²) < 4.78 is 26.2. The third-order valence-corrected chi connectivity index (χ3v) is 5.87. The largest absolute Gasteiger partial charge is 0.350 e. The van der Waals surface area contributed by atoms with Crippen molar-refractivity contribution in [2.75, 3.05) is 25.4 Å². The third-order valence-electron chi connectivity index (χ3n) is 3.62. The van der Waals surface area contributed by atoms with E-state index in [1.54, 1.807) is 5.38 Å². The molecule has 10 heteroatoms. The lowest BCUT2D eigenvalue weighted by molar-refractivity contribution is 0.0951. The summed E-state index contributed by atoms with van der Waals surface area (Å²) in [6.45, 7) is 1.06. The van der Waals surface area contributed by atoms with Crippen LogP contribution >= 0.6 is 23.7 Å². The van der Waals surface area contributed by atoms with Gasteiger partial charge in [0, 0.05) is 24.9 Å². The summed E-state index contributed by atoms with van der Waals surface area (Å²) in [4.78, 5) is 16.0. The molecule has 7 nitrogen and oxygen atoms in total. The lowest BCUT2D eigenvalue weighted by atomic mass is 9.86. The van der Waals surface area contributed by atoms with Crippen LogP contribution in [0.25, 0.3) is 0 Å². The SMILES string of the molecule is Cl.NCCc1nc(C(=O)NCCS(=O)(=O)NCC2CCC2)cs1. The highest BCUT2D eigenvalue weighted by atomic mass is 35.5. The molecule has 1 aromatic rings. The minimum absolute atomic E-state index is 0. The van der Waals surface area contributed by atoms with Gasteiger partial charge in [0.25, 0.3) is 5.91 Å². The van der Waals surface area contributed by atoms with Crippen LogP contribution in [0.1, 0.15) is 34.8 Å². The number of hydrogen-bond acceptors (Lipinski definition) is 6. The number of thiazole rings is 1. The molecule has 23 heavy (non-hydrogen) atoms. The Bertz CT molecular complexity index is 602. The first-order valence-corrected chi connectivity index (χ1v) is 9.93. The summed E-state index contributed by atoms with van der Waals surface area (Å²) in [5.74, 6) is -0.000294. The average Bonchev–Trinajstić information content (AvgIpc) is 2.85. The highest BCUT2D eigenvalue weighted by molar-refractivity contribution is 7.89. The molecule has 0 bridgehead atoms. The van der Waals surface area contributed by atoms with E-state index in [4.69, 9.17) is 5.73 Å². The van der Waals surface area contributed by atoms with E-state index in [1.165, 1.54) is 17.8 Å². The molecule has 1 aliphatic carbocycles. The topological polar surface area (TPSA) is 114 Å². The maximum atomic E-state index is 11.9. The summed E-state index contributed by atoms with van der Waals surface area (Å²) in [7, 11) is -3.33. The molecule has 1 aromatic heterocycles. The lowest BCUT2D eigenvalue weighted by Gasteiger charge is -2.25. The van der Waals surface area contributed by atoms with Gasteiger partial charge in [-0.25, -0.2) is 18.1 Å². The molecular formula is C13H23ClN4O3S2. The van der Waals surface area contributed by atoms with Gasteiger partial charge in [-0.15, -0.1) is 23.7 Å². The van der Waals surface area contributed by atoms with Crippen LogP contribution in [0.2, 0.25) is 0 Å². The average molecular weight is 383 g/mol. The zero-order valence-corrected chi connectivity index (χ0v) is 15.2. The Hall–Kier alpha value is -0.740. The van der Waals surface area contributed by atoms with Crippen LogP contribution < -0.4 is 15.8 Å². The van der Waals surface area contributed by atoms with E-state index in [1.807, 2.05) is 0 Å². The first kappa shape index (κ1) is 20.3. The maximum absolute atomic E-state index is 11.9. The third kappa shape index (κ3) is 6.72. The van der Waals surface area contributed by atoms with Crippen LogP contribution in [0.3, 0.4) is 0 Å². The second-order valence-corrected chi connectivity index (χ2v) is 8.25. The normalized spacial score (nSPS) is 14.8. The monoisotopic (exact) mass is 382 g/mol. The number of nitrogens with one attached hydrogen (secondary N) is 2. The minimum Gasteiger partial charge on any atom is -0.350 e. The molecule has 0 radical (unpaired) electrons. The van der Waals surface area contributed by atoms with Gasteiger partial charge in [-0.2, -0.15) is 0 Å². The number of sulfonamides is 1. The van der Waals surface area contributed by atoms with Crippen LogP contribution in [0, 0.1) is 5.92 Å². The van der Waals surface area contributed by atoms with E-state index in [0.29, 0.717) is 31.1 Å². The molecule has 0 aliphatic heterocycles. The second kappa shape index (κ2) is 9.53. The molecule has 0 spiro atoms. The molecule has 1 aliphatic rings. The first-order valence-electron chi connectivity index (χ1n) is 7.40. The van der Waals surface area contributed by atoms with Crippen molar-refractivity contribution in [3.63, 3.8) is 0 Å². The number of nitrogens with zero attached hydrogens (tertiary/aromatic N) is 1. The quantitative estimate of drug-likeness (QED) is 0.576. The Kier molecular flexibility index (Phi) is 8.41. The van der Waals surface area contributed by atoms with E-state index in [9.17, 15) is 13.2 Å². The van der Waals surface area contributed by atoms with Gasteiger partial charge in [0.05, 0.1) is 10.8 Å². The molecule has 4 N–H and O–H groups in total. The van der Waals surface area contributed by atoms with Crippen molar-refractivity contribution in [1.29, 1.82) is 0 Å². The fourth-order valence-corrected chi connectivity index (χ4v) is 3.86. The van der Waals surface area contributed by atoms with Gasteiger partial charge in [-0.05, 0) is 25.3 Å². The summed E-state index contributed by atoms with van der Waals surface area (Å²) in [6.07, 6.45) is 4.00. The molecule has 132 valence electrons. The number of aromatic nitrogens is 1. The zero-order chi connectivity index (χ0) is 16.0. The Morgan fingerprint density at radius 2 is 2.17 bits per heavy atom. The van der Waals surface area contributed by atoms with Crippen LogP contribution in [-0.2, 0) is 16.4 Å². The van der Waals surface area contributed by atoms with Crippen LogP contribution in [-0.4, -0.2) is 44.7 Å². The van der Waals surface area contributed by atoms with Crippen molar-refractivity contribution in [1.82, 2.24) is 15.0 Å². The molecule has 0 aromatic carbocycles. The minimum atomic E-state index is -3.33. The van der Waals surface area contributed by atoms with Crippen LogP contribution in [0.5, 0.6) is 0 Å². The zero-order valence-electron chi connectivity index (χ0n) is 12.8. The fourth-order valence-electron chi connectivity index (χ4n) is 2.06.